The van der Waals surface area contributed by atoms with Gasteiger partial charge in [-0.15, -0.1) is 0 Å². The number of aromatic nitrogens is 2. The Labute approximate surface area is 130 Å². The maximum absolute atomic E-state index is 12.3. The van der Waals surface area contributed by atoms with Gasteiger partial charge in [0.2, 0.25) is 5.91 Å². The quantitative estimate of drug-likeness (QED) is 0.918. The van der Waals surface area contributed by atoms with Crippen LogP contribution in [0.4, 0.5) is 0 Å². The van der Waals surface area contributed by atoms with E-state index in [1.54, 1.807) is 6.26 Å². The van der Waals surface area contributed by atoms with Gasteiger partial charge >= 0.3 is 0 Å². The van der Waals surface area contributed by atoms with Crippen molar-refractivity contribution in [1.29, 1.82) is 0 Å². The summed E-state index contributed by atoms with van der Waals surface area (Å²) in [7, 11) is 1.92. The molecule has 1 saturated heterocycles. The highest BCUT2D eigenvalue weighted by Gasteiger charge is 2.28. The molecule has 3 heterocycles. The minimum Gasteiger partial charge on any atom is -0.467 e. The van der Waals surface area contributed by atoms with Crippen molar-refractivity contribution in [2.24, 2.45) is 7.05 Å². The van der Waals surface area contributed by atoms with Gasteiger partial charge in [0.25, 0.3) is 0 Å². The van der Waals surface area contributed by atoms with Crippen molar-refractivity contribution >= 4 is 5.91 Å². The molecule has 0 aromatic carbocycles. The van der Waals surface area contributed by atoms with E-state index in [-0.39, 0.29) is 11.9 Å². The van der Waals surface area contributed by atoms with Crippen LogP contribution in [0.25, 0.3) is 0 Å². The van der Waals surface area contributed by atoms with Gasteiger partial charge in [-0.1, -0.05) is 0 Å². The van der Waals surface area contributed by atoms with Crippen molar-refractivity contribution in [3.8, 4) is 0 Å². The largest absolute Gasteiger partial charge is 0.467 e. The number of amides is 1. The minimum absolute atomic E-state index is 0.0275. The van der Waals surface area contributed by atoms with Crippen LogP contribution in [0.15, 0.2) is 35.2 Å². The van der Waals surface area contributed by atoms with Gasteiger partial charge in [0.1, 0.15) is 5.76 Å². The molecule has 2 aromatic heterocycles. The second-order valence-corrected chi connectivity index (χ2v) is 5.88. The summed E-state index contributed by atoms with van der Waals surface area (Å²) in [5.41, 5.74) is 1.19. The predicted octanol–water partition coefficient (Wildman–Crippen LogP) is 2.03. The van der Waals surface area contributed by atoms with Crippen molar-refractivity contribution in [3.05, 3.63) is 42.1 Å². The lowest BCUT2D eigenvalue weighted by Crippen LogP contribution is -2.37. The SMILES string of the molecule is CC(NC(=O)CN1CCCC1c1cnn(C)c1)c1ccco1. The van der Waals surface area contributed by atoms with E-state index >= 15 is 0 Å². The van der Waals surface area contributed by atoms with E-state index in [0.29, 0.717) is 12.6 Å². The topological polar surface area (TPSA) is 63.3 Å². The average molecular weight is 302 g/mol. The van der Waals surface area contributed by atoms with Gasteiger partial charge in [0, 0.05) is 24.8 Å². The smallest absolute Gasteiger partial charge is 0.234 e. The fourth-order valence-electron chi connectivity index (χ4n) is 3.09. The van der Waals surface area contributed by atoms with Crippen LogP contribution in [-0.4, -0.2) is 33.7 Å². The van der Waals surface area contributed by atoms with Gasteiger partial charge in [0.15, 0.2) is 0 Å². The van der Waals surface area contributed by atoms with E-state index in [2.05, 4.69) is 15.3 Å². The van der Waals surface area contributed by atoms with Crippen LogP contribution in [0.3, 0.4) is 0 Å². The van der Waals surface area contributed by atoms with E-state index in [1.165, 1.54) is 5.56 Å². The minimum atomic E-state index is -0.109. The Kier molecular flexibility index (Phi) is 4.29. The molecule has 1 N–H and O–H groups in total. The number of nitrogens with one attached hydrogen (secondary N) is 1. The summed E-state index contributed by atoms with van der Waals surface area (Å²) in [5, 5.41) is 7.23. The zero-order valence-electron chi connectivity index (χ0n) is 13.0. The van der Waals surface area contributed by atoms with Crippen LogP contribution in [0, 0.1) is 0 Å². The Hall–Kier alpha value is -2.08. The predicted molar refractivity (Wildman–Crippen MR) is 82.0 cm³/mol. The zero-order valence-corrected chi connectivity index (χ0v) is 13.0. The monoisotopic (exact) mass is 302 g/mol. The number of furan rings is 1. The van der Waals surface area contributed by atoms with Gasteiger partial charge in [-0.05, 0) is 38.4 Å². The molecule has 0 bridgehead atoms. The molecule has 0 spiro atoms. The molecule has 0 saturated carbocycles. The molecule has 0 radical (unpaired) electrons. The van der Waals surface area contributed by atoms with Crippen LogP contribution in [0.5, 0.6) is 0 Å². The third-order valence-corrected chi connectivity index (χ3v) is 4.17. The lowest BCUT2D eigenvalue weighted by molar-refractivity contribution is -0.123. The van der Waals surface area contributed by atoms with Crippen LogP contribution in [0.2, 0.25) is 0 Å². The maximum Gasteiger partial charge on any atom is 0.234 e. The molecule has 6 heteroatoms. The molecule has 2 unspecified atom stereocenters. The van der Waals surface area contributed by atoms with Crippen LogP contribution in [-0.2, 0) is 11.8 Å². The highest BCUT2D eigenvalue weighted by molar-refractivity contribution is 5.78. The molecule has 1 fully saturated rings. The van der Waals surface area contributed by atoms with E-state index in [9.17, 15) is 4.79 Å². The second kappa shape index (κ2) is 6.36. The van der Waals surface area contributed by atoms with Gasteiger partial charge in [-0.3, -0.25) is 14.4 Å². The molecule has 2 atom stereocenters. The Bertz CT molecular complexity index is 620. The lowest BCUT2D eigenvalue weighted by atomic mass is 10.1. The van der Waals surface area contributed by atoms with Crippen LogP contribution in [0.1, 0.15) is 43.2 Å². The molecule has 2 aromatic rings. The van der Waals surface area contributed by atoms with Crippen molar-refractivity contribution in [3.63, 3.8) is 0 Å². The summed E-state index contributed by atoms with van der Waals surface area (Å²) in [6.07, 6.45) is 7.74. The summed E-state index contributed by atoms with van der Waals surface area (Å²) < 4.78 is 7.13. The number of hydrogen-bond donors (Lipinski definition) is 1. The van der Waals surface area contributed by atoms with Crippen molar-refractivity contribution in [2.45, 2.75) is 31.8 Å². The molecule has 1 aliphatic rings. The normalized spacial score (nSPS) is 20.2. The summed E-state index contributed by atoms with van der Waals surface area (Å²) >= 11 is 0. The fraction of sp³-hybridized carbons (Fsp3) is 0.500. The Morgan fingerprint density at radius 3 is 3.14 bits per heavy atom. The van der Waals surface area contributed by atoms with Gasteiger partial charge in [-0.2, -0.15) is 5.10 Å². The number of rotatable bonds is 5. The first-order valence-electron chi connectivity index (χ1n) is 7.69. The molecular formula is C16H22N4O2. The standard InChI is InChI=1S/C16H22N4O2/c1-12(15-6-4-8-22-15)18-16(21)11-20-7-3-5-14(20)13-9-17-19(2)10-13/h4,6,8-10,12,14H,3,5,7,11H2,1-2H3,(H,18,21). The molecule has 118 valence electrons. The summed E-state index contributed by atoms with van der Waals surface area (Å²) in [6, 6.07) is 3.89. The first-order chi connectivity index (χ1) is 10.6. The van der Waals surface area contributed by atoms with E-state index in [4.69, 9.17) is 4.42 Å². The molecule has 3 rings (SSSR count). The first-order valence-corrected chi connectivity index (χ1v) is 7.69. The van der Waals surface area contributed by atoms with Crippen LogP contribution < -0.4 is 5.32 Å². The second-order valence-electron chi connectivity index (χ2n) is 5.88. The van der Waals surface area contributed by atoms with Crippen molar-refractivity contribution in [2.75, 3.05) is 13.1 Å². The highest BCUT2D eigenvalue weighted by Crippen LogP contribution is 2.31. The Balaban J connectivity index is 1.58. The summed E-state index contributed by atoms with van der Waals surface area (Å²) in [6.45, 7) is 3.28. The third kappa shape index (κ3) is 3.22. The third-order valence-electron chi connectivity index (χ3n) is 4.17. The maximum atomic E-state index is 12.3. The number of aryl methyl sites for hydroxylation is 1. The fourth-order valence-corrected chi connectivity index (χ4v) is 3.09. The Morgan fingerprint density at radius 2 is 2.45 bits per heavy atom. The highest BCUT2D eigenvalue weighted by atomic mass is 16.3. The molecule has 1 amide bonds. The average Bonchev–Trinajstić information content (AvgIpc) is 3.18. The van der Waals surface area contributed by atoms with E-state index in [0.717, 1.165) is 25.1 Å². The molecular weight excluding hydrogens is 280 g/mol. The zero-order chi connectivity index (χ0) is 15.5. The van der Waals surface area contributed by atoms with Gasteiger partial charge < -0.3 is 9.73 Å². The number of likely N-dealkylation sites (tertiary alicyclic amines) is 1. The molecule has 1 aliphatic heterocycles. The summed E-state index contributed by atoms with van der Waals surface area (Å²) in [4.78, 5) is 14.5. The first kappa shape index (κ1) is 14.8. The lowest BCUT2D eigenvalue weighted by Gasteiger charge is -2.23. The van der Waals surface area contributed by atoms with E-state index in [1.807, 2.05) is 43.2 Å². The number of carbonyl (C=O) groups excluding carboxylic acids is 1. The van der Waals surface area contributed by atoms with Crippen molar-refractivity contribution in [1.82, 2.24) is 20.0 Å². The molecule has 6 nitrogen and oxygen atoms in total. The number of nitrogens with zero attached hydrogens (tertiary/aromatic N) is 3. The molecule has 22 heavy (non-hydrogen) atoms. The number of hydrogen-bond acceptors (Lipinski definition) is 4. The molecule has 0 aliphatic carbocycles. The van der Waals surface area contributed by atoms with Gasteiger partial charge in [0.05, 0.1) is 25.0 Å². The van der Waals surface area contributed by atoms with E-state index < -0.39 is 0 Å². The number of carbonyl (C=O) groups is 1. The van der Waals surface area contributed by atoms with Crippen molar-refractivity contribution < 1.29 is 9.21 Å². The van der Waals surface area contributed by atoms with Gasteiger partial charge in [-0.25, -0.2) is 0 Å². The van der Waals surface area contributed by atoms with Crippen LogP contribution >= 0.6 is 0 Å². The Morgan fingerprint density at radius 1 is 1.59 bits per heavy atom. The summed E-state index contributed by atoms with van der Waals surface area (Å²) in [5.74, 6) is 0.804.